The number of hydrogen-bond donors (Lipinski definition) is 0. The molecule has 1 atom stereocenters. The van der Waals surface area contributed by atoms with Crippen molar-refractivity contribution in [3.05, 3.63) is 17.5 Å². The summed E-state index contributed by atoms with van der Waals surface area (Å²) in [4.78, 5) is 13.8. The first-order chi connectivity index (χ1) is 8.06. The largest absolute Gasteiger partial charge is 0.361 e. The summed E-state index contributed by atoms with van der Waals surface area (Å²) in [6.45, 7) is 5.98. The van der Waals surface area contributed by atoms with Crippen LogP contribution in [0, 0.1) is 6.92 Å². The highest BCUT2D eigenvalue weighted by atomic mass is 32.2. The minimum atomic E-state index is -0.0733. The van der Waals surface area contributed by atoms with Crippen LogP contribution < -0.4 is 0 Å². The zero-order valence-electron chi connectivity index (χ0n) is 10.9. The van der Waals surface area contributed by atoms with Crippen molar-refractivity contribution in [1.82, 2.24) is 10.1 Å². The summed E-state index contributed by atoms with van der Waals surface area (Å²) in [5.74, 6) is 2.78. The maximum Gasteiger partial charge on any atom is 0.276 e. The van der Waals surface area contributed by atoms with E-state index in [1.165, 1.54) is 0 Å². The number of hydrogen-bond acceptors (Lipinski definition) is 4. The number of carbonyl (C=O) groups is 1. The number of amides is 1. The van der Waals surface area contributed by atoms with Crippen molar-refractivity contribution < 1.29 is 9.32 Å². The summed E-state index contributed by atoms with van der Waals surface area (Å²) in [7, 11) is 1.81. The Hall–Kier alpha value is -0.970. The van der Waals surface area contributed by atoms with Gasteiger partial charge in [-0.3, -0.25) is 4.79 Å². The lowest BCUT2D eigenvalue weighted by atomic mass is 10.2. The van der Waals surface area contributed by atoms with E-state index in [0.29, 0.717) is 11.5 Å². The molecule has 0 bridgehead atoms. The van der Waals surface area contributed by atoms with Crippen molar-refractivity contribution in [2.75, 3.05) is 18.6 Å². The van der Waals surface area contributed by atoms with Crippen LogP contribution in [-0.4, -0.2) is 40.6 Å². The summed E-state index contributed by atoms with van der Waals surface area (Å²) >= 11 is 1.89. The second kappa shape index (κ2) is 6.69. The van der Waals surface area contributed by atoms with E-state index in [-0.39, 0.29) is 11.9 Å². The highest BCUT2D eigenvalue weighted by Gasteiger charge is 2.20. The van der Waals surface area contributed by atoms with Gasteiger partial charge in [0.1, 0.15) is 5.76 Å². The van der Waals surface area contributed by atoms with Crippen molar-refractivity contribution in [3.63, 3.8) is 0 Å². The van der Waals surface area contributed by atoms with E-state index in [4.69, 9.17) is 4.52 Å². The van der Waals surface area contributed by atoms with Crippen molar-refractivity contribution in [3.8, 4) is 0 Å². The first-order valence-corrected chi connectivity index (χ1v) is 7.00. The van der Waals surface area contributed by atoms with Crippen LogP contribution in [0.25, 0.3) is 0 Å². The van der Waals surface area contributed by atoms with Crippen LogP contribution in [0.3, 0.4) is 0 Å². The Morgan fingerprint density at radius 1 is 1.65 bits per heavy atom. The van der Waals surface area contributed by atoms with Gasteiger partial charge in [0, 0.05) is 19.2 Å². The molecule has 0 aliphatic rings. The van der Waals surface area contributed by atoms with Gasteiger partial charge >= 0.3 is 0 Å². The molecule has 1 rings (SSSR count). The molecule has 1 aromatic rings. The fourth-order valence-corrected chi connectivity index (χ4v) is 2.24. The SMILES string of the molecule is CCSCC[C@H](C)N(C)C(=O)c1cc(C)on1. The number of carbonyl (C=O) groups excluding carboxylic acids is 1. The molecule has 17 heavy (non-hydrogen) atoms. The molecular formula is C12H20N2O2S. The number of thioether (sulfide) groups is 1. The summed E-state index contributed by atoms with van der Waals surface area (Å²) < 4.78 is 4.91. The molecule has 1 heterocycles. The average Bonchev–Trinajstić information content (AvgIpc) is 2.74. The Balaban J connectivity index is 2.51. The van der Waals surface area contributed by atoms with Gasteiger partial charge in [0.05, 0.1) is 0 Å². The predicted molar refractivity (Wildman–Crippen MR) is 70.4 cm³/mol. The minimum absolute atomic E-state index is 0.0733. The van der Waals surface area contributed by atoms with E-state index in [1.54, 1.807) is 17.9 Å². The van der Waals surface area contributed by atoms with Gasteiger partial charge in [0.25, 0.3) is 5.91 Å². The molecule has 1 aromatic heterocycles. The highest BCUT2D eigenvalue weighted by molar-refractivity contribution is 7.99. The molecule has 0 aromatic carbocycles. The van der Waals surface area contributed by atoms with Crippen LogP contribution in [0.15, 0.2) is 10.6 Å². The molecule has 0 saturated carbocycles. The lowest BCUT2D eigenvalue weighted by Gasteiger charge is -2.23. The normalized spacial score (nSPS) is 12.5. The van der Waals surface area contributed by atoms with Crippen LogP contribution in [0.1, 0.15) is 36.5 Å². The summed E-state index contributed by atoms with van der Waals surface area (Å²) in [5, 5.41) is 3.74. The molecule has 5 heteroatoms. The van der Waals surface area contributed by atoms with Gasteiger partial charge in [0.2, 0.25) is 0 Å². The van der Waals surface area contributed by atoms with Crippen LogP contribution in [0.5, 0.6) is 0 Å². The lowest BCUT2D eigenvalue weighted by Crippen LogP contribution is -2.35. The topological polar surface area (TPSA) is 46.3 Å². The Morgan fingerprint density at radius 3 is 2.88 bits per heavy atom. The smallest absolute Gasteiger partial charge is 0.276 e. The van der Waals surface area contributed by atoms with Gasteiger partial charge in [-0.15, -0.1) is 0 Å². The molecule has 0 N–H and O–H groups in total. The molecule has 0 unspecified atom stereocenters. The number of aryl methyl sites for hydroxylation is 1. The van der Waals surface area contributed by atoms with Crippen molar-refractivity contribution >= 4 is 17.7 Å². The van der Waals surface area contributed by atoms with Gasteiger partial charge in [-0.05, 0) is 31.8 Å². The predicted octanol–water partition coefficient (Wildman–Crippen LogP) is 2.59. The lowest BCUT2D eigenvalue weighted by molar-refractivity contribution is 0.0731. The van der Waals surface area contributed by atoms with Gasteiger partial charge < -0.3 is 9.42 Å². The van der Waals surface area contributed by atoms with E-state index in [2.05, 4.69) is 19.0 Å². The zero-order valence-corrected chi connectivity index (χ0v) is 11.7. The van der Waals surface area contributed by atoms with E-state index < -0.39 is 0 Å². The van der Waals surface area contributed by atoms with Gasteiger partial charge in [-0.2, -0.15) is 11.8 Å². The third kappa shape index (κ3) is 4.07. The average molecular weight is 256 g/mol. The van der Waals surface area contributed by atoms with Gasteiger partial charge in [0.15, 0.2) is 5.69 Å². The second-order valence-electron chi connectivity index (χ2n) is 4.07. The fraction of sp³-hybridized carbons (Fsp3) is 0.667. The van der Waals surface area contributed by atoms with E-state index in [1.807, 2.05) is 18.8 Å². The number of rotatable bonds is 6. The fourth-order valence-electron chi connectivity index (χ4n) is 1.44. The van der Waals surface area contributed by atoms with E-state index in [0.717, 1.165) is 17.9 Å². The Bertz CT molecular complexity index is 365. The van der Waals surface area contributed by atoms with Crippen molar-refractivity contribution in [2.45, 2.75) is 33.2 Å². The number of aromatic nitrogens is 1. The third-order valence-electron chi connectivity index (χ3n) is 2.71. The van der Waals surface area contributed by atoms with E-state index in [9.17, 15) is 4.79 Å². The third-order valence-corrected chi connectivity index (χ3v) is 3.65. The zero-order chi connectivity index (χ0) is 12.8. The molecular weight excluding hydrogens is 236 g/mol. The van der Waals surface area contributed by atoms with Crippen LogP contribution in [0.4, 0.5) is 0 Å². The molecule has 1 amide bonds. The molecule has 0 saturated heterocycles. The van der Waals surface area contributed by atoms with E-state index >= 15 is 0 Å². The van der Waals surface area contributed by atoms with Crippen LogP contribution in [-0.2, 0) is 0 Å². The van der Waals surface area contributed by atoms with Crippen LogP contribution >= 0.6 is 11.8 Å². The molecule has 4 nitrogen and oxygen atoms in total. The maximum atomic E-state index is 12.0. The maximum absolute atomic E-state index is 12.0. The quantitative estimate of drug-likeness (QED) is 0.734. The second-order valence-corrected chi connectivity index (χ2v) is 5.47. The molecule has 0 spiro atoms. The summed E-state index contributed by atoms with van der Waals surface area (Å²) in [5.41, 5.74) is 0.389. The monoisotopic (exact) mass is 256 g/mol. The molecule has 0 aliphatic heterocycles. The minimum Gasteiger partial charge on any atom is -0.361 e. The standard InChI is InChI=1S/C12H20N2O2S/c1-5-17-7-6-9(2)14(4)12(15)11-8-10(3)16-13-11/h8-9H,5-7H2,1-4H3/t9-/m0/s1. The Labute approximate surface area is 107 Å². The van der Waals surface area contributed by atoms with Gasteiger partial charge in [-0.1, -0.05) is 12.1 Å². The van der Waals surface area contributed by atoms with Crippen molar-refractivity contribution in [1.29, 1.82) is 0 Å². The summed E-state index contributed by atoms with van der Waals surface area (Å²) in [6.07, 6.45) is 0.998. The molecule has 0 fully saturated rings. The highest BCUT2D eigenvalue weighted by Crippen LogP contribution is 2.12. The first-order valence-electron chi connectivity index (χ1n) is 5.84. The molecule has 96 valence electrons. The summed E-state index contributed by atoms with van der Waals surface area (Å²) in [6, 6.07) is 1.89. The van der Waals surface area contributed by atoms with Gasteiger partial charge in [-0.25, -0.2) is 0 Å². The molecule has 0 radical (unpaired) electrons. The Morgan fingerprint density at radius 2 is 2.35 bits per heavy atom. The van der Waals surface area contributed by atoms with Crippen LogP contribution in [0.2, 0.25) is 0 Å². The Kier molecular flexibility index (Phi) is 5.55. The molecule has 0 aliphatic carbocycles. The first kappa shape index (κ1) is 14.1. The number of nitrogens with zero attached hydrogens (tertiary/aromatic N) is 2. The van der Waals surface area contributed by atoms with Crippen molar-refractivity contribution in [2.24, 2.45) is 0 Å².